The Morgan fingerprint density at radius 3 is 2.69 bits per heavy atom. The first kappa shape index (κ1) is 18.1. The number of benzene rings is 2. The lowest BCUT2D eigenvalue weighted by atomic mass is 10.2. The number of nitrogens with zero attached hydrogens (tertiary/aromatic N) is 3. The molecule has 3 rings (SSSR count). The summed E-state index contributed by atoms with van der Waals surface area (Å²) in [6, 6.07) is 11.0. The monoisotopic (exact) mass is 375 g/mol. The summed E-state index contributed by atoms with van der Waals surface area (Å²) < 4.78 is 47.2. The van der Waals surface area contributed by atoms with Crippen LogP contribution in [0, 0.1) is 5.82 Å². The van der Waals surface area contributed by atoms with Crippen LogP contribution in [-0.2, 0) is 10.0 Å². The molecular formula is C18H18FN3O3S. The maximum atomic E-state index is 13.8. The molecule has 1 aliphatic rings. The number of fused-ring (bicyclic) bond motifs is 1. The van der Waals surface area contributed by atoms with Crippen molar-refractivity contribution in [3.63, 3.8) is 0 Å². The molecule has 0 aliphatic carbocycles. The molecule has 0 saturated carbocycles. The summed E-state index contributed by atoms with van der Waals surface area (Å²) in [5.74, 6) is -0.0836. The molecule has 2 aromatic rings. The van der Waals surface area contributed by atoms with E-state index in [1.54, 1.807) is 31.3 Å². The number of rotatable bonds is 4. The quantitative estimate of drug-likeness (QED) is 0.608. The van der Waals surface area contributed by atoms with Crippen molar-refractivity contribution in [3.8, 4) is 5.75 Å². The minimum atomic E-state index is -3.71. The third-order valence-corrected chi connectivity index (χ3v) is 4.94. The van der Waals surface area contributed by atoms with Gasteiger partial charge < -0.3 is 4.74 Å². The van der Waals surface area contributed by atoms with E-state index < -0.39 is 15.8 Å². The number of halogens is 1. The fourth-order valence-corrected chi connectivity index (χ4v) is 3.70. The molecule has 26 heavy (non-hydrogen) atoms. The number of amidine groups is 1. The molecular weight excluding hydrogens is 357 g/mol. The first-order valence-corrected chi connectivity index (χ1v) is 9.40. The van der Waals surface area contributed by atoms with Gasteiger partial charge in [0.15, 0.2) is 17.4 Å². The SMILES string of the molecule is CC(C)Oc1cc(/C=N/N(C)C2=NS(=O)(=O)c3ccccc32)ccc1F. The zero-order valence-corrected chi connectivity index (χ0v) is 15.4. The molecule has 0 N–H and O–H groups in total. The van der Waals surface area contributed by atoms with Crippen LogP contribution in [0.25, 0.3) is 0 Å². The van der Waals surface area contributed by atoms with E-state index in [-0.39, 0.29) is 22.6 Å². The van der Waals surface area contributed by atoms with Crippen LogP contribution in [0.5, 0.6) is 5.75 Å². The molecule has 0 radical (unpaired) electrons. The van der Waals surface area contributed by atoms with Crippen molar-refractivity contribution in [1.29, 1.82) is 0 Å². The Morgan fingerprint density at radius 2 is 1.96 bits per heavy atom. The van der Waals surface area contributed by atoms with Crippen molar-refractivity contribution < 1.29 is 17.5 Å². The topological polar surface area (TPSA) is 71.3 Å². The highest BCUT2D eigenvalue weighted by Gasteiger charge is 2.30. The predicted molar refractivity (Wildman–Crippen MR) is 97.7 cm³/mol. The second-order valence-corrected chi connectivity index (χ2v) is 7.58. The number of sulfonamides is 1. The number of ether oxygens (including phenoxy) is 1. The zero-order chi connectivity index (χ0) is 18.9. The van der Waals surface area contributed by atoms with E-state index in [4.69, 9.17) is 4.74 Å². The summed E-state index contributed by atoms with van der Waals surface area (Å²) >= 11 is 0. The van der Waals surface area contributed by atoms with E-state index in [2.05, 4.69) is 9.50 Å². The molecule has 0 amide bonds. The van der Waals surface area contributed by atoms with Gasteiger partial charge in [-0.25, -0.2) is 9.40 Å². The van der Waals surface area contributed by atoms with Gasteiger partial charge in [0, 0.05) is 12.6 Å². The van der Waals surface area contributed by atoms with Crippen molar-refractivity contribution >= 4 is 22.1 Å². The summed E-state index contributed by atoms with van der Waals surface area (Å²) in [7, 11) is -2.11. The Bertz CT molecular complexity index is 1000. The molecule has 0 atom stereocenters. The Balaban J connectivity index is 1.86. The minimum Gasteiger partial charge on any atom is -0.488 e. The Hall–Kier alpha value is -2.74. The van der Waals surface area contributed by atoms with E-state index in [1.165, 1.54) is 29.4 Å². The summed E-state index contributed by atoms with van der Waals surface area (Å²) in [5, 5.41) is 5.60. The molecule has 8 heteroatoms. The van der Waals surface area contributed by atoms with Crippen LogP contribution in [0.15, 0.2) is 56.9 Å². The third-order valence-electron chi connectivity index (χ3n) is 3.62. The maximum absolute atomic E-state index is 13.8. The van der Waals surface area contributed by atoms with Gasteiger partial charge in [-0.15, -0.1) is 4.40 Å². The number of hydrazone groups is 1. The van der Waals surface area contributed by atoms with Gasteiger partial charge in [-0.2, -0.15) is 13.5 Å². The zero-order valence-electron chi connectivity index (χ0n) is 14.5. The van der Waals surface area contributed by atoms with Gasteiger partial charge in [-0.05, 0) is 43.7 Å². The molecule has 0 fully saturated rings. The lowest BCUT2D eigenvalue weighted by Gasteiger charge is -2.13. The average Bonchev–Trinajstić information content (AvgIpc) is 2.87. The normalized spacial score (nSPS) is 15.2. The van der Waals surface area contributed by atoms with Crippen molar-refractivity contribution in [1.82, 2.24) is 5.01 Å². The highest BCUT2D eigenvalue weighted by atomic mass is 32.2. The highest BCUT2D eigenvalue weighted by Crippen LogP contribution is 2.27. The highest BCUT2D eigenvalue weighted by molar-refractivity contribution is 7.90. The number of hydrogen-bond acceptors (Lipinski definition) is 5. The summed E-state index contributed by atoms with van der Waals surface area (Å²) in [6.45, 7) is 3.62. The fourth-order valence-electron chi connectivity index (χ4n) is 2.47. The predicted octanol–water partition coefficient (Wildman–Crippen LogP) is 3.03. The van der Waals surface area contributed by atoms with Crippen LogP contribution < -0.4 is 4.74 Å². The van der Waals surface area contributed by atoms with Crippen molar-refractivity contribution in [2.45, 2.75) is 24.8 Å². The van der Waals surface area contributed by atoms with E-state index >= 15 is 0 Å². The molecule has 6 nitrogen and oxygen atoms in total. The number of hydrogen-bond donors (Lipinski definition) is 0. The van der Waals surface area contributed by atoms with Gasteiger partial charge in [-0.1, -0.05) is 18.2 Å². The Morgan fingerprint density at radius 1 is 1.23 bits per heavy atom. The van der Waals surface area contributed by atoms with Crippen LogP contribution in [0.3, 0.4) is 0 Å². The first-order valence-electron chi connectivity index (χ1n) is 7.96. The van der Waals surface area contributed by atoms with Crippen LogP contribution in [-0.4, -0.2) is 38.6 Å². The van der Waals surface area contributed by atoms with Crippen molar-refractivity contribution in [3.05, 3.63) is 59.4 Å². The molecule has 0 aromatic heterocycles. The molecule has 2 aromatic carbocycles. The van der Waals surface area contributed by atoms with Gasteiger partial charge in [0.05, 0.1) is 12.3 Å². The van der Waals surface area contributed by atoms with Gasteiger partial charge in [0.2, 0.25) is 0 Å². The van der Waals surface area contributed by atoms with E-state index in [0.717, 1.165) is 0 Å². The lowest BCUT2D eigenvalue weighted by molar-refractivity contribution is 0.231. The van der Waals surface area contributed by atoms with Crippen LogP contribution in [0.2, 0.25) is 0 Å². The van der Waals surface area contributed by atoms with E-state index in [9.17, 15) is 12.8 Å². The van der Waals surface area contributed by atoms with Crippen LogP contribution in [0.4, 0.5) is 4.39 Å². The van der Waals surface area contributed by atoms with Gasteiger partial charge >= 0.3 is 0 Å². The largest absolute Gasteiger partial charge is 0.488 e. The van der Waals surface area contributed by atoms with Gasteiger partial charge in [0.1, 0.15) is 4.90 Å². The first-order chi connectivity index (χ1) is 12.3. The molecule has 1 aliphatic heterocycles. The van der Waals surface area contributed by atoms with E-state index in [1.807, 2.05) is 13.8 Å². The summed E-state index contributed by atoms with van der Waals surface area (Å²) in [6.07, 6.45) is 1.33. The van der Waals surface area contributed by atoms with Crippen LogP contribution >= 0.6 is 0 Å². The minimum absolute atomic E-state index is 0.137. The third kappa shape index (κ3) is 3.60. The fraction of sp³-hybridized carbons (Fsp3) is 0.222. The average molecular weight is 375 g/mol. The lowest BCUT2D eigenvalue weighted by Crippen LogP contribution is -2.21. The molecule has 0 spiro atoms. The molecule has 0 unspecified atom stereocenters. The molecule has 0 saturated heterocycles. The second kappa shape index (κ2) is 6.87. The van der Waals surface area contributed by atoms with E-state index in [0.29, 0.717) is 11.1 Å². The molecule has 136 valence electrons. The van der Waals surface area contributed by atoms with Gasteiger partial charge in [-0.3, -0.25) is 0 Å². The molecule has 0 bridgehead atoms. The maximum Gasteiger partial charge on any atom is 0.285 e. The Kier molecular flexibility index (Phi) is 4.78. The molecule has 1 heterocycles. The van der Waals surface area contributed by atoms with Crippen molar-refractivity contribution in [2.24, 2.45) is 9.50 Å². The second-order valence-electron chi connectivity index (χ2n) is 6.01. The smallest absolute Gasteiger partial charge is 0.285 e. The van der Waals surface area contributed by atoms with Crippen LogP contribution in [0.1, 0.15) is 25.0 Å². The van der Waals surface area contributed by atoms with Gasteiger partial charge in [0.25, 0.3) is 10.0 Å². The van der Waals surface area contributed by atoms with Crippen molar-refractivity contribution in [2.75, 3.05) is 7.05 Å². The summed E-state index contributed by atoms with van der Waals surface area (Å²) in [4.78, 5) is 0.159. The summed E-state index contributed by atoms with van der Waals surface area (Å²) in [5.41, 5.74) is 1.11. The Labute approximate surface area is 151 Å². The standard InChI is InChI=1S/C18H18FN3O3S/c1-12(2)25-16-10-13(8-9-15(16)19)11-20-22(3)18-14-6-4-5-7-17(14)26(23,24)21-18/h4-12H,1-3H3/b20-11+.